The summed E-state index contributed by atoms with van der Waals surface area (Å²) in [4.78, 5) is 0.192. The molecule has 0 bridgehead atoms. The Kier molecular flexibility index (Phi) is 3.82. The summed E-state index contributed by atoms with van der Waals surface area (Å²) in [5.41, 5.74) is 2.33. The van der Waals surface area contributed by atoms with E-state index < -0.39 is 10.0 Å². The molecule has 0 unspecified atom stereocenters. The van der Waals surface area contributed by atoms with Gasteiger partial charge in [-0.1, -0.05) is 35.5 Å². The van der Waals surface area contributed by atoms with E-state index in [1.807, 2.05) is 30.3 Å². The predicted molar refractivity (Wildman–Crippen MR) is 91.4 cm³/mol. The maximum atomic E-state index is 12.9. The molecule has 0 fully saturated rings. The molecule has 2 heterocycles. The van der Waals surface area contributed by atoms with Crippen LogP contribution < -0.4 is 4.74 Å². The summed E-state index contributed by atoms with van der Waals surface area (Å²) < 4.78 is 38.0. The van der Waals surface area contributed by atoms with Gasteiger partial charge in [-0.15, -0.1) is 0 Å². The number of hydrogen-bond donors (Lipinski definition) is 0. The van der Waals surface area contributed by atoms with Gasteiger partial charge in [-0.2, -0.15) is 4.31 Å². The highest BCUT2D eigenvalue weighted by Gasteiger charge is 2.26. The lowest BCUT2D eigenvalue weighted by atomic mass is 10.1. The highest BCUT2D eigenvalue weighted by atomic mass is 32.2. The molecule has 2 aromatic carbocycles. The summed E-state index contributed by atoms with van der Waals surface area (Å²) in [7, 11) is -2.07. The number of benzene rings is 2. The monoisotopic (exact) mass is 356 g/mol. The molecule has 1 aromatic heterocycles. The van der Waals surface area contributed by atoms with Gasteiger partial charge in [0.2, 0.25) is 10.0 Å². The molecule has 0 saturated carbocycles. The molecular formula is C18H16N2O4S. The Morgan fingerprint density at radius 1 is 1.16 bits per heavy atom. The molecule has 0 amide bonds. The second-order valence-electron chi connectivity index (χ2n) is 5.87. The molecule has 6 nitrogen and oxygen atoms in total. The second kappa shape index (κ2) is 6.02. The van der Waals surface area contributed by atoms with Crippen LogP contribution in [0.15, 0.2) is 64.1 Å². The zero-order valence-corrected chi connectivity index (χ0v) is 14.4. The van der Waals surface area contributed by atoms with Gasteiger partial charge < -0.3 is 9.26 Å². The molecule has 3 aromatic rings. The minimum absolute atomic E-state index is 0.192. The summed E-state index contributed by atoms with van der Waals surface area (Å²) in [6.45, 7) is 0.663. The van der Waals surface area contributed by atoms with Crippen LogP contribution in [0.4, 0.5) is 0 Å². The van der Waals surface area contributed by atoms with Crippen LogP contribution in [0.1, 0.15) is 11.1 Å². The third-order valence-electron chi connectivity index (χ3n) is 4.18. The van der Waals surface area contributed by atoms with Gasteiger partial charge in [0.1, 0.15) is 12.4 Å². The van der Waals surface area contributed by atoms with Crippen molar-refractivity contribution in [1.29, 1.82) is 0 Å². The van der Waals surface area contributed by atoms with Crippen LogP contribution in [0.2, 0.25) is 0 Å². The molecule has 0 N–H and O–H groups in total. The Balaban J connectivity index is 1.69. The fourth-order valence-electron chi connectivity index (χ4n) is 2.82. The zero-order chi connectivity index (χ0) is 17.4. The van der Waals surface area contributed by atoms with E-state index in [1.165, 1.54) is 4.31 Å². The average Bonchev–Trinajstić information content (AvgIpc) is 3.11. The van der Waals surface area contributed by atoms with Crippen LogP contribution in [0.25, 0.3) is 11.3 Å². The highest BCUT2D eigenvalue weighted by Crippen LogP contribution is 2.39. The summed E-state index contributed by atoms with van der Waals surface area (Å²) in [5.74, 6) is 1.15. The van der Waals surface area contributed by atoms with Gasteiger partial charge in [0.15, 0.2) is 5.76 Å². The van der Waals surface area contributed by atoms with E-state index in [2.05, 4.69) is 5.16 Å². The van der Waals surface area contributed by atoms with Gasteiger partial charge >= 0.3 is 0 Å². The maximum Gasteiger partial charge on any atom is 0.243 e. The van der Waals surface area contributed by atoms with E-state index in [-0.39, 0.29) is 4.90 Å². The van der Waals surface area contributed by atoms with E-state index in [4.69, 9.17) is 9.26 Å². The number of rotatable bonds is 4. The van der Waals surface area contributed by atoms with E-state index in [1.54, 1.807) is 31.4 Å². The zero-order valence-electron chi connectivity index (χ0n) is 13.5. The van der Waals surface area contributed by atoms with Gasteiger partial charge in [0.25, 0.3) is 0 Å². The van der Waals surface area contributed by atoms with Crippen molar-refractivity contribution in [2.75, 3.05) is 7.05 Å². The molecule has 0 spiro atoms. The maximum absolute atomic E-state index is 12.9. The summed E-state index contributed by atoms with van der Waals surface area (Å²) in [6, 6.07) is 14.3. The largest absolute Gasteiger partial charge is 0.488 e. The van der Waals surface area contributed by atoms with Crippen molar-refractivity contribution >= 4 is 10.0 Å². The first-order chi connectivity index (χ1) is 12.1. The first-order valence-electron chi connectivity index (χ1n) is 7.77. The summed E-state index contributed by atoms with van der Waals surface area (Å²) in [6.07, 6.45) is 1.58. The number of nitrogens with zero attached hydrogens (tertiary/aromatic N) is 2. The summed E-state index contributed by atoms with van der Waals surface area (Å²) in [5, 5.41) is 3.77. The van der Waals surface area contributed by atoms with Crippen molar-refractivity contribution in [3.63, 3.8) is 0 Å². The molecule has 1 aliphatic rings. The minimum atomic E-state index is -3.64. The number of hydrogen-bond acceptors (Lipinski definition) is 5. The Morgan fingerprint density at radius 3 is 2.76 bits per heavy atom. The SMILES string of the molecule is CN(Cc1ccccc1)S(=O)(=O)c1ccc2c(c1)-c1oncc1CO2. The van der Waals surface area contributed by atoms with Crippen molar-refractivity contribution in [3.8, 4) is 17.1 Å². The van der Waals surface area contributed by atoms with Crippen molar-refractivity contribution in [2.24, 2.45) is 0 Å². The fraction of sp³-hybridized carbons (Fsp3) is 0.167. The quantitative estimate of drug-likeness (QED) is 0.718. The van der Waals surface area contributed by atoms with Crippen LogP contribution in [0.5, 0.6) is 5.75 Å². The number of ether oxygens (including phenoxy) is 1. The van der Waals surface area contributed by atoms with Crippen LogP contribution in [-0.2, 0) is 23.2 Å². The molecule has 25 heavy (non-hydrogen) atoms. The van der Waals surface area contributed by atoms with Crippen molar-refractivity contribution in [1.82, 2.24) is 9.46 Å². The van der Waals surface area contributed by atoms with Gasteiger partial charge in [-0.3, -0.25) is 0 Å². The van der Waals surface area contributed by atoms with Crippen LogP contribution in [-0.4, -0.2) is 24.9 Å². The molecule has 0 aliphatic carbocycles. The molecule has 128 valence electrons. The lowest BCUT2D eigenvalue weighted by molar-refractivity contribution is 0.297. The number of aromatic nitrogens is 1. The molecule has 1 aliphatic heterocycles. The third-order valence-corrected chi connectivity index (χ3v) is 5.98. The second-order valence-corrected chi connectivity index (χ2v) is 7.92. The Morgan fingerprint density at radius 2 is 1.96 bits per heavy atom. The van der Waals surface area contributed by atoms with Crippen molar-refractivity contribution in [3.05, 3.63) is 65.9 Å². The minimum Gasteiger partial charge on any atom is -0.488 e. The van der Waals surface area contributed by atoms with E-state index in [9.17, 15) is 8.42 Å². The summed E-state index contributed by atoms with van der Waals surface area (Å²) >= 11 is 0. The van der Waals surface area contributed by atoms with Crippen molar-refractivity contribution in [2.45, 2.75) is 18.0 Å². The molecule has 4 rings (SSSR count). The van der Waals surface area contributed by atoms with Crippen LogP contribution >= 0.6 is 0 Å². The predicted octanol–water partition coefficient (Wildman–Crippen LogP) is 3.05. The van der Waals surface area contributed by atoms with Crippen LogP contribution in [0, 0.1) is 0 Å². The van der Waals surface area contributed by atoms with Gasteiger partial charge in [0, 0.05) is 13.6 Å². The molecular weight excluding hydrogens is 340 g/mol. The smallest absolute Gasteiger partial charge is 0.243 e. The topological polar surface area (TPSA) is 72.6 Å². The molecule has 0 saturated heterocycles. The molecule has 7 heteroatoms. The molecule has 0 atom stereocenters. The first-order valence-corrected chi connectivity index (χ1v) is 9.21. The average molecular weight is 356 g/mol. The number of fused-ring (bicyclic) bond motifs is 3. The molecule has 0 radical (unpaired) electrons. The van der Waals surface area contributed by atoms with Crippen molar-refractivity contribution < 1.29 is 17.7 Å². The van der Waals surface area contributed by atoms with E-state index in [0.717, 1.165) is 11.1 Å². The van der Waals surface area contributed by atoms with Gasteiger partial charge in [-0.25, -0.2) is 8.42 Å². The van der Waals surface area contributed by atoms with Gasteiger partial charge in [-0.05, 0) is 23.8 Å². The standard InChI is InChI=1S/C18H16N2O4S/c1-20(11-13-5-3-2-4-6-13)25(21,22)15-7-8-17-16(9-15)18-14(12-23-17)10-19-24-18/h2-10H,11-12H2,1H3. The first kappa shape index (κ1) is 15.9. The number of sulfonamides is 1. The Hall–Kier alpha value is -2.64. The van der Waals surface area contributed by atoms with E-state index >= 15 is 0 Å². The fourth-order valence-corrected chi connectivity index (χ4v) is 4.00. The Bertz CT molecular complexity index is 1010. The lowest BCUT2D eigenvalue weighted by Crippen LogP contribution is -2.26. The van der Waals surface area contributed by atoms with Gasteiger partial charge in [0.05, 0.1) is 22.2 Å². The Labute approximate surface area is 145 Å². The lowest BCUT2D eigenvalue weighted by Gasteiger charge is -2.20. The van der Waals surface area contributed by atoms with E-state index in [0.29, 0.717) is 30.2 Å². The normalized spacial score (nSPS) is 13.2. The van der Waals surface area contributed by atoms with Crippen LogP contribution in [0.3, 0.4) is 0 Å². The third kappa shape index (κ3) is 2.81. The highest BCUT2D eigenvalue weighted by molar-refractivity contribution is 7.89.